The topological polar surface area (TPSA) is 97.4 Å². The van der Waals surface area contributed by atoms with Crippen LogP contribution >= 0.6 is 0 Å². The van der Waals surface area contributed by atoms with Gasteiger partial charge in [0.25, 0.3) is 0 Å². The van der Waals surface area contributed by atoms with E-state index >= 15 is 0 Å². The second kappa shape index (κ2) is 10.6. The molecule has 1 unspecified atom stereocenters. The molecule has 7 nitrogen and oxygen atoms in total. The Kier molecular flexibility index (Phi) is 8.71. The van der Waals surface area contributed by atoms with Crippen LogP contribution in [0.25, 0.3) is 0 Å². The number of hydrogen-bond donors (Lipinski definition) is 2. The van der Waals surface area contributed by atoms with Crippen molar-refractivity contribution in [2.24, 2.45) is 10.9 Å². The SMILES string of the molecule is CON=C(C)N(CCCCC(N)C(=O)O)OCc1ccccc1. The van der Waals surface area contributed by atoms with Crippen molar-refractivity contribution in [3.05, 3.63) is 35.9 Å². The Morgan fingerprint density at radius 3 is 2.65 bits per heavy atom. The highest BCUT2D eigenvalue weighted by Crippen LogP contribution is 2.07. The van der Waals surface area contributed by atoms with Gasteiger partial charge in [0, 0.05) is 6.54 Å². The van der Waals surface area contributed by atoms with Crippen molar-refractivity contribution in [1.29, 1.82) is 0 Å². The summed E-state index contributed by atoms with van der Waals surface area (Å²) in [5.74, 6) is -0.370. The molecule has 23 heavy (non-hydrogen) atoms. The number of carboxylic acids is 1. The van der Waals surface area contributed by atoms with Crippen LogP contribution in [-0.2, 0) is 21.1 Å². The lowest BCUT2D eigenvalue weighted by molar-refractivity contribution is -0.138. The minimum atomic E-state index is -0.973. The van der Waals surface area contributed by atoms with E-state index in [1.54, 1.807) is 12.0 Å². The lowest BCUT2D eigenvalue weighted by atomic mass is 10.1. The van der Waals surface area contributed by atoms with Crippen LogP contribution in [0.4, 0.5) is 0 Å². The van der Waals surface area contributed by atoms with Gasteiger partial charge in [-0.2, -0.15) is 0 Å². The van der Waals surface area contributed by atoms with Crippen LogP contribution < -0.4 is 5.73 Å². The van der Waals surface area contributed by atoms with Gasteiger partial charge in [0.2, 0.25) is 0 Å². The third kappa shape index (κ3) is 7.62. The molecule has 3 N–H and O–H groups in total. The molecule has 1 atom stereocenters. The van der Waals surface area contributed by atoms with Gasteiger partial charge in [0.1, 0.15) is 13.2 Å². The maximum Gasteiger partial charge on any atom is 0.320 e. The molecular formula is C16H25N3O4. The maximum atomic E-state index is 10.7. The molecule has 0 aliphatic carbocycles. The molecule has 0 saturated heterocycles. The molecule has 0 heterocycles. The van der Waals surface area contributed by atoms with Gasteiger partial charge >= 0.3 is 5.97 Å². The molecule has 0 aliphatic rings. The van der Waals surface area contributed by atoms with Gasteiger partial charge in [0.05, 0.1) is 6.61 Å². The van der Waals surface area contributed by atoms with Crippen LogP contribution in [0.2, 0.25) is 0 Å². The van der Waals surface area contributed by atoms with E-state index in [1.807, 2.05) is 30.3 Å². The predicted molar refractivity (Wildman–Crippen MR) is 87.5 cm³/mol. The number of carbonyl (C=O) groups is 1. The number of hydroxylamine groups is 2. The molecule has 0 aliphatic heterocycles. The number of nitrogens with two attached hydrogens (primary N) is 1. The number of aliphatic carboxylic acids is 1. The fraction of sp³-hybridized carbons (Fsp3) is 0.500. The second-order valence-electron chi connectivity index (χ2n) is 5.12. The number of benzene rings is 1. The minimum Gasteiger partial charge on any atom is -0.480 e. The molecule has 0 aromatic heterocycles. The van der Waals surface area contributed by atoms with Gasteiger partial charge in [-0.3, -0.25) is 9.63 Å². The third-order valence-electron chi connectivity index (χ3n) is 3.26. The molecule has 0 radical (unpaired) electrons. The Labute approximate surface area is 136 Å². The van der Waals surface area contributed by atoms with E-state index in [0.717, 1.165) is 12.0 Å². The van der Waals surface area contributed by atoms with E-state index in [-0.39, 0.29) is 0 Å². The van der Waals surface area contributed by atoms with Crippen LogP contribution in [0.3, 0.4) is 0 Å². The molecule has 128 valence electrons. The lowest BCUT2D eigenvalue weighted by Gasteiger charge is -2.23. The van der Waals surface area contributed by atoms with Crippen molar-refractivity contribution in [2.75, 3.05) is 13.7 Å². The highest BCUT2D eigenvalue weighted by molar-refractivity contribution is 5.78. The highest BCUT2D eigenvalue weighted by atomic mass is 16.7. The van der Waals surface area contributed by atoms with Crippen molar-refractivity contribution in [1.82, 2.24) is 5.06 Å². The molecule has 1 aromatic rings. The summed E-state index contributed by atoms with van der Waals surface area (Å²) in [6, 6.07) is 8.99. The highest BCUT2D eigenvalue weighted by Gasteiger charge is 2.12. The van der Waals surface area contributed by atoms with Crippen LogP contribution in [0.1, 0.15) is 31.7 Å². The average molecular weight is 323 g/mol. The molecule has 0 amide bonds. The Morgan fingerprint density at radius 1 is 1.35 bits per heavy atom. The quantitative estimate of drug-likeness (QED) is 0.296. The largest absolute Gasteiger partial charge is 0.480 e. The molecule has 1 rings (SSSR count). The van der Waals surface area contributed by atoms with Crippen LogP contribution in [0, 0.1) is 0 Å². The zero-order chi connectivity index (χ0) is 17.1. The molecule has 1 aromatic carbocycles. The molecule has 0 bridgehead atoms. The minimum absolute atomic E-state index is 0.423. The predicted octanol–water partition coefficient (Wildman–Crippen LogP) is 1.98. The van der Waals surface area contributed by atoms with Gasteiger partial charge in [-0.1, -0.05) is 35.5 Å². The lowest BCUT2D eigenvalue weighted by Crippen LogP contribution is -2.32. The molecular weight excluding hydrogens is 298 g/mol. The number of rotatable bonds is 10. The average Bonchev–Trinajstić information content (AvgIpc) is 2.54. The van der Waals surface area contributed by atoms with E-state index in [9.17, 15) is 4.79 Å². The van der Waals surface area contributed by atoms with E-state index in [4.69, 9.17) is 20.5 Å². The van der Waals surface area contributed by atoms with Gasteiger partial charge in [-0.05, 0) is 31.7 Å². The summed E-state index contributed by atoms with van der Waals surface area (Å²) < 4.78 is 0. The zero-order valence-corrected chi connectivity index (χ0v) is 13.6. The van der Waals surface area contributed by atoms with Crippen LogP contribution in [0.15, 0.2) is 35.5 Å². The molecule has 7 heteroatoms. The Balaban J connectivity index is 2.46. The summed E-state index contributed by atoms with van der Waals surface area (Å²) in [5, 5.41) is 14.3. The van der Waals surface area contributed by atoms with Gasteiger partial charge in [-0.25, -0.2) is 5.06 Å². The number of unbranched alkanes of at least 4 members (excludes halogenated alkanes) is 1. The van der Waals surface area contributed by atoms with E-state index in [1.165, 1.54) is 7.11 Å². The number of carboxylic acid groups (broad SMARTS) is 1. The summed E-state index contributed by atoms with van der Waals surface area (Å²) in [6.45, 7) is 2.79. The van der Waals surface area contributed by atoms with Crippen LogP contribution in [-0.4, -0.2) is 41.7 Å². The van der Waals surface area contributed by atoms with Gasteiger partial charge < -0.3 is 15.7 Å². The monoisotopic (exact) mass is 323 g/mol. The van der Waals surface area contributed by atoms with E-state index < -0.39 is 12.0 Å². The van der Waals surface area contributed by atoms with Crippen molar-refractivity contribution in [3.8, 4) is 0 Å². The fourth-order valence-corrected chi connectivity index (χ4v) is 1.97. The molecule has 0 fully saturated rings. The number of amidine groups is 1. The first-order valence-corrected chi connectivity index (χ1v) is 7.55. The van der Waals surface area contributed by atoms with Crippen LogP contribution in [0.5, 0.6) is 0 Å². The summed E-state index contributed by atoms with van der Waals surface area (Å²) in [4.78, 5) is 21.2. The normalized spacial score (nSPS) is 12.7. The number of nitrogens with zero attached hydrogens (tertiary/aromatic N) is 2. The maximum absolute atomic E-state index is 10.7. The standard InChI is InChI=1S/C16H25N3O4/c1-13(18-22-2)19(11-7-6-10-15(17)16(20)21)23-12-14-8-4-3-5-9-14/h3-5,8-9,15H,6-7,10-12,17H2,1-2H3,(H,20,21). The summed E-state index contributed by atoms with van der Waals surface area (Å²) in [6.07, 6.45) is 1.87. The molecule has 0 saturated carbocycles. The van der Waals surface area contributed by atoms with Gasteiger partial charge in [0.15, 0.2) is 5.84 Å². The van der Waals surface area contributed by atoms with E-state index in [2.05, 4.69) is 5.16 Å². The number of oxime groups is 1. The number of hydrogen-bond acceptors (Lipinski definition) is 5. The van der Waals surface area contributed by atoms with Gasteiger partial charge in [-0.15, -0.1) is 0 Å². The Hall–Kier alpha value is -2.12. The summed E-state index contributed by atoms with van der Waals surface area (Å²) in [5.41, 5.74) is 6.54. The summed E-state index contributed by atoms with van der Waals surface area (Å²) >= 11 is 0. The van der Waals surface area contributed by atoms with Crippen molar-refractivity contribution >= 4 is 11.8 Å². The first-order chi connectivity index (χ1) is 11.0. The zero-order valence-electron chi connectivity index (χ0n) is 13.6. The second-order valence-corrected chi connectivity index (χ2v) is 5.12. The van der Waals surface area contributed by atoms with Crippen molar-refractivity contribution in [3.63, 3.8) is 0 Å². The Bertz CT molecular complexity index is 493. The first kappa shape index (κ1) is 18.9. The van der Waals surface area contributed by atoms with E-state index in [0.29, 0.717) is 31.8 Å². The smallest absolute Gasteiger partial charge is 0.320 e. The van der Waals surface area contributed by atoms with Crippen molar-refractivity contribution < 1.29 is 19.6 Å². The fourth-order valence-electron chi connectivity index (χ4n) is 1.97. The first-order valence-electron chi connectivity index (χ1n) is 7.55. The Morgan fingerprint density at radius 2 is 2.04 bits per heavy atom. The van der Waals surface area contributed by atoms with Crippen molar-refractivity contribution in [2.45, 2.75) is 38.8 Å². The third-order valence-corrected chi connectivity index (χ3v) is 3.26. The molecule has 0 spiro atoms. The summed E-state index contributed by atoms with van der Waals surface area (Å²) in [7, 11) is 1.48.